The summed E-state index contributed by atoms with van der Waals surface area (Å²) in [6, 6.07) is 0. The Bertz CT molecular complexity index is 319. The van der Waals surface area contributed by atoms with Gasteiger partial charge in [0, 0.05) is 19.1 Å². The van der Waals surface area contributed by atoms with Crippen LogP contribution in [0.1, 0.15) is 27.2 Å². The van der Waals surface area contributed by atoms with Crippen LogP contribution in [0.5, 0.6) is 0 Å². The largest absolute Gasteiger partial charge is 0.471 e. The van der Waals surface area contributed by atoms with Crippen LogP contribution in [0.3, 0.4) is 0 Å². The maximum Gasteiger partial charge on any atom is 0.471 e. The zero-order valence-electron chi connectivity index (χ0n) is 11.2. The van der Waals surface area contributed by atoms with Crippen molar-refractivity contribution in [2.24, 2.45) is 5.41 Å². The summed E-state index contributed by atoms with van der Waals surface area (Å²) in [4.78, 5) is 20.6. The number of carbonyl (C=O) groups is 1. The van der Waals surface area contributed by atoms with Gasteiger partial charge in [0.1, 0.15) is 6.10 Å². The summed E-state index contributed by atoms with van der Waals surface area (Å²) in [7, 11) is -3.06. The Morgan fingerprint density at radius 1 is 1.50 bits per heavy atom. The predicted octanol–water partition coefficient (Wildman–Crippen LogP) is 0.663. The van der Waals surface area contributed by atoms with E-state index in [1.54, 1.807) is 13.8 Å². The van der Waals surface area contributed by atoms with E-state index in [1.165, 1.54) is 0 Å². The van der Waals surface area contributed by atoms with Crippen molar-refractivity contribution in [2.45, 2.75) is 33.3 Å². The van der Waals surface area contributed by atoms with Gasteiger partial charge in [-0.1, -0.05) is 20.8 Å². The molecule has 0 aromatic heterocycles. The maximum atomic E-state index is 11.6. The monoisotopic (exact) mass is 283 g/mol. The smallest absolute Gasteiger partial charge is 0.383 e. The van der Waals surface area contributed by atoms with Crippen LogP contribution in [0.15, 0.2) is 0 Å². The Kier molecular flexibility index (Phi) is 7.02. The molecule has 0 rings (SSSR count). The lowest BCUT2D eigenvalue weighted by molar-refractivity contribution is -0.136. The first-order valence-electron chi connectivity index (χ1n) is 5.65. The lowest BCUT2D eigenvalue weighted by Crippen LogP contribution is -2.46. The molecule has 0 aliphatic heterocycles. The van der Waals surface area contributed by atoms with Crippen molar-refractivity contribution in [3.63, 3.8) is 0 Å². The van der Waals surface area contributed by atoms with Crippen LogP contribution >= 0.6 is 7.82 Å². The number of aliphatic hydroxyl groups is 1. The molecular weight excluding hydrogens is 261 g/mol. The molecule has 1 unspecified atom stereocenters. The molecule has 0 aliphatic carbocycles. The molecule has 0 spiro atoms. The van der Waals surface area contributed by atoms with E-state index in [1.807, 2.05) is 6.92 Å². The summed E-state index contributed by atoms with van der Waals surface area (Å²) < 4.78 is 20.0. The first-order chi connectivity index (χ1) is 8.16. The molecule has 2 atom stereocenters. The van der Waals surface area contributed by atoms with Gasteiger partial charge in [0.2, 0.25) is 5.91 Å². The van der Waals surface area contributed by atoms with Crippen LogP contribution in [0.25, 0.3) is 0 Å². The van der Waals surface area contributed by atoms with Crippen molar-refractivity contribution in [3.05, 3.63) is 0 Å². The fourth-order valence-corrected chi connectivity index (χ4v) is 1.68. The zero-order valence-corrected chi connectivity index (χ0v) is 12.1. The molecule has 0 heterocycles. The number of hydrogen-bond donors (Lipinski definition) is 3. The fraction of sp³-hybridized carbons (Fsp3) is 0.900. The maximum absolute atomic E-state index is 11.6. The second-order valence-electron chi connectivity index (χ2n) is 4.61. The van der Waals surface area contributed by atoms with Gasteiger partial charge in [-0.2, -0.15) is 0 Å². The van der Waals surface area contributed by atoms with Gasteiger partial charge in [-0.3, -0.25) is 13.8 Å². The second-order valence-corrected chi connectivity index (χ2v) is 6.17. The van der Waals surface area contributed by atoms with Crippen molar-refractivity contribution in [3.8, 4) is 0 Å². The van der Waals surface area contributed by atoms with E-state index in [0.29, 0.717) is 6.54 Å². The first kappa shape index (κ1) is 17.5. The van der Waals surface area contributed by atoms with E-state index >= 15 is 0 Å². The number of nitrogens with one attached hydrogen (secondary N) is 1. The van der Waals surface area contributed by atoms with Gasteiger partial charge in [0.05, 0.1) is 6.61 Å². The van der Waals surface area contributed by atoms with Gasteiger partial charge >= 0.3 is 7.82 Å². The SMILES string of the molecule is CCCNC(=O)[C@@H](O)C(C)(C)COP(=O)(O)OC. The molecule has 3 N–H and O–H groups in total. The van der Waals surface area contributed by atoms with E-state index in [2.05, 4.69) is 14.4 Å². The minimum absolute atomic E-state index is 0.282. The standard InChI is InChI=1S/C10H22NO6P/c1-5-6-11-9(13)8(12)10(2,3)7-17-18(14,15)16-4/h8,12H,5-7H2,1-4H3,(H,11,13)(H,14,15)/t8-/m1/s1. The summed E-state index contributed by atoms with van der Waals surface area (Å²) in [5.41, 5.74) is -1.01. The molecule has 0 fully saturated rings. The van der Waals surface area contributed by atoms with E-state index in [0.717, 1.165) is 13.5 Å². The first-order valence-corrected chi connectivity index (χ1v) is 7.14. The molecule has 18 heavy (non-hydrogen) atoms. The molecule has 0 radical (unpaired) electrons. The number of amides is 1. The zero-order chi connectivity index (χ0) is 14.4. The molecule has 8 heteroatoms. The quantitative estimate of drug-likeness (QED) is 0.565. The molecule has 0 aromatic rings. The number of rotatable bonds is 8. The van der Waals surface area contributed by atoms with Crippen LogP contribution in [0.4, 0.5) is 0 Å². The summed E-state index contributed by atoms with van der Waals surface area (Å²) in [5.74, 6) is -0.532. The molecular formula is C10H22NO6P. The highest BCUT2D eigenvalue weighted by molar-refractivity contribution is 7.47. The molecule has 0 bridgehead atoms. The molecule has 108 valence electrons. The minimum atomic E-state index is -4.10. The number of aliphatic hydroxyl groups excluding tert-OH is 1. The summed E-state index contributed by atoms with van der Waals surface area (Å²) in [6.07, 6.45) is -0.578. The highest BCUT2D eigenvalue weighted by Gasteiger charge is 2.36. The van der Waals surface area contributed by atoms with Crippen LogP contribution in [-0.2, 0) is 18.4 Å². The van der Waals surface area contributed by atoms with Crippen molar-refractivity contribution in [1.82, 2.24) is 5.32 Å². The van der Waals surface area contributed by atoms with Crippen molar-refractivity contribution in [2.75, 3.05) is 20.3 Å². The molecule has 0 saturated carbocycles. The third kappa shape index (κ3) is 5.93. The third-order valence-electron chi connectivity index (χ3n) is 2.37. The van der Waals surface area contributed by atoms with E-state index in [9.17, 15) is 14.5 Å². The molecule has 0 aliphatic rings. The minimum Gasteiger partial charge on any atom is -0.383 e. The van der Waals surface area contributed by atoms with Crippen molar-refractivity contribution < 1.29 is 28.4 Å². The van der Waals surface area contributed by atoms with Crippen LogP contribution in [-0.4, -0.2) is 42.3 Å². The van der Waals surface area contributed by atoms with Crippen molar-refractivity contribution in [1.29, 1.82) is 0 Å². The summed E-state index contributed by atoms with van der Waals surface area (Å²) in [6.45, 7) is 5.18. The van der Waals surface area contributed by atoms with E-state index < -0.39 is 25.2 Å². The highest BCUT2D eigenvalue weighted by Crippen LogP contribution is 2.43. The highest BCUT2D eigenvalue weighted by atomic mass is 31.2. The Labute approximate surface area is 107 Å². The van der Waals surface area contributed by atoms with Crippen LogP contribution < -0.4 is 5.32 Å². The lowest BCUT2D eigenvalue weighted by Gasteiger charge is -2.29. The van der Waals surface area contributed by atoms with Crippen LogP contribution in [0.2, 0.25) is 0 Å². The van der Waals surface area contributed by atoms with Crippen LogP contribution in [0, 0.1) is 5.41 Å². The van der Waals surface area contributed by atoms with Gasteiger partial charge in [-0.15, -0.1) is 0 Å². The van der Waals surface area contributed by atoms with E-state index in [-0.39, 0.29) is 6.61 Å². The number of carbonyl (C=O) groups excluding carboxylic acids is 1. The number of phosphoric ester groups is 1. The molecule has 7 nitrogen and oxygen atoms in total. The Morgan fingerprint density at radius 3 is 2.50 bits per heavy atom. The van der Waals surface area contributed by atoms with Gasteiger partial charge in [0.25, 0.3) is 0 Å². The van der Waals surface area contributed by atoms with Gasteiger partial charge in [-0.05, 0) is 6.42 Å². The summed E-state index contributed by atoms with van der Waals surface area (Å²) >= 11 is 0. The van der Waals surface area contributed by atoms with Gasteiger partial charge < -0.3 is 15.3 Å². The Balaban J connectivity index is 4.43. The average Bonchev–Trinajstić information content (AvgIpc) is 2.32. The second kappa shape index (κ2) is 7.21. The predicted molar refractivity (Wildman–Crippen MR) is 65.9 cm³/mol. The topological polar surface area (TPSA) is 105 Å². The van der Waals surface area contributed by atoms with Gasteiger partial charge in [0.15, 0.2) is 0 Å². The number of phosphoric acid groups is 1. The van der Waals surface area contributed by atoms with Crippen molar-refractivity contribution >= 4 is 13.7 Å². The Hall–Kier alpha value is -0.460. The molecule has 0 aromatic carbocycles. The summed E-state index contributed by atoms with van der Waals surface area (Å²) in [5, 5.41) is 12.4. The average molecular weight is 283 g/mol. The Morgan fingerprint density at radius 2 is 2.06 bits per heavy atom. The van der Waals surface area contributed by atoms with Gasteiger partial charge in [-0.25, -0.2) is 4.57 Å². The molecule has 0 saturated heterocycles. The molecule has 1 amide bonds. The fourth-order valence-electron chi connectivity index (χ4n) is 1.08. The lowest BCUT2D eigenvalue weighted by atomic mass is 9.87. The number of hydrogen-bond acceptors (Lipinski definition) is 5. The third-order valence-corrected chi connectivity index (χ3v) is 3.29. The normalized spacial score (nSPS) is 17.0. The van der Waals surface area contributed by atoms with E-state index in [4.69, 9.17) is 4.89 Å².